The lowest BCUT2D eigenvalue weighted by Gasteiger charge is -2.32. The average molecular weight is 457 g/mol. The first-order valence-corrected chi connectivity index (χ1v) is 10.9. The summed E-state index contributed by atoms with van der Waals surface area (Å²) in [6.45, 7) is 6.30. The number of nitrogen functional groups attached to an aromatic ring is 1. The Labute approximate surface area is 194 Å². The van der Waals surface area contributed by atoms with Gasteiger partial charge in [-0.05, 0) is 50.1 Å². The van der Waals surface area contributed by atoms with Crippen LogP contribution in [0.3, 0.4) is 0 Å². The molecule has 11 nitrogen and oxygen atoms in total. The fraction of sp³-hybridized carbons (Fsp3) is 0.261. The van der Waals surface area contributed by atoms with Crippen LogP contribution in [0, 0.1) is 0 Å². The molecule has 1 unspecified atom stereocenters. The highest BCUT2D eigenvalue weighted by Gasteiger charge is 2.28. The Morgan fingerprint density at radius 2 is 2.00 bits per heavy atom. The number of hydrogen-bond acceptors (Lipinski definition) is 8. The van der Waals surface area contributed by atoms with Gasteiger partial charge in [-0.1, -0.05) is 11.8 Å². The zero-order chi connectivity index (χ0) is 23.8. The number of aromatic nitrogens is 7. The van der Waals surface area contributed by atoms with Crippen LogP contribution < -0.4 is 5.73 Å². The van der Waals surface area contributed by atoms with E-state index in [1.165, 1.54) is 19.3 Å². The van der Waals surface area contributed by atoms with Crippen molar-refractivity contribution in [1.29, 1.82) is 0 Å². The number of carbonyl (C=O) groups excluding carboxylic acids is 2. The van der Waals surface area contributed by atoms with Crippen molar-refractivity contribution in [3.05, 3.63) is 55.0 Å². The molecule has 5 rings (SSSR count). The minimum absolute atomic E-state index is 0.00520. The average Bonchev–Trinajstić information content (AvgIpc) is 3.50. The predicted molar refractivity (Wildman–Crippen MR) is 125 cm³/mol. The summed E-state index contributed by atoms with van der Waals surface area (Å²) in [6, 6.07) is 7.02. The Kier molecular flexibility index (Phi) is 5.36. The number of anilines is 1. The van der Waals surface area contributed by atoms with Crippen molar-refractivity contribution in [2.45, 2.75) is 25.8 Å². The molecule has 172 valence electrons. The van der Waals surface area contributed by atoms with Crippen molar-refractivity contribution in [2.75, 3.05) is 18.8 Å². The Bertz CT molecular complexity index is 1400. The molecule has 1 fully saturated rings. The van der Waals surface area contributed by atoms with Gasteiger partial charge in [0.15, 0.2) is 11.4 Å². The lowest BCUT2D eigenvalue weighted by molar-refractivity contribution is -0.127. The number of hydrogen-bond donors (Lipinski definition) is 1. The number of nitrogens with zero attached hydrogens (tertiary/aromatic N) is 8. The summed E-state index contributed by atoms with van der Waals surface area (Å²) in [4.78, 5) is 34.1. The SMILES string of the molecule is C=CC(=O)N1CCCC(n2nc(-c3cn(-c4ccc(C(C)=O)cc4)nn3)c3c(N)ncnc32)C1. The van der Waals surface area contributed by atoms with Crippen molar-refractivity contribution in [1.82, 2.24) is 39.6 Å². The zero-order valence-electron chi connectivity index (χ0n) is 18.6. The Morgan fingerprint density at radius 3 is 2.74 bits per heavy atom. The summed E-state index contributed by atoms with van der Waals surface area (Å²) in [5.41, 5.74) is 9.22. The molecule has 2 N–H and O–H groups in total. The van der Waals surface area contributed by atoms with Gasteiger partial charge in [-0.25, -0.2) is 19.3 Å². The third-order valence-corrected chi connectivity index (χ3v) is 6.02. The molecular formula is C23H23N9O2. The molecule has 1 aromatic carbocycles. The number of benzene rings is 1. The summed E-state index contributed by atoms with van der Waals surface area (Å²) in [7, 11) is 0. The second-order valence-electron chi connectivity index (χ2n) is 8.19. The maximum atomic E-state index is 12.2. The Balaban J connectivity index is 1.54. The lowest BCUT2D eigenvalue weighted by Crippen LogP contribution is -2.40. The number of likely N-dealkylation sites (tertiary alicyclic amines) is 1. The number of amides is 1. The first kappa shape index (κ1) is 21.4. The summed E-state index contributed by atoms with van der Waals surface area (Å²) in [5, 5.41) is 13.9. The van der Waals surface area contributed by atoms with E-state index in [-0.39, 0.29) is 17.7 Å². The van der Waals surface area contributed by atoms with Crippen LogP contribution in [-0.4, -0.2) is 64.4 Å². The van der Waals surface area contributed by atoms with Crippen LogP contribution in [-0.2, 0) is 4.79 Å². The van der Waals surface area contributed by atoms with E-state index in [0.29, 0.717) is 46.9 Å². The van der Waals surface area contributed by atoms with E-state index in [4.69, 9.17) is 10.8 Å². The smallest absolute Gasteiger partial charge is 0.246 e. The second kappa shape index (κ2) is 8.50. The highest BCUT2D eigenvalue weighted by molar-refractivity contribution is 5.97. The molecule has 4 aromatic rings. The number of piperidine rings is 1. The van der Waals surface area contributed by atoms with Crippen molar-refractivity contribution in [3.8, 4) is 17.1 Å². The highest BCUT2D eigenvalue weighted by Crippen LogP contribution is 2.33. The number of ketones is 1. The standard InChI is InChI=1S/C23H23N9O2/c1-3-19(34)30-10-4-5-17(11-30)32-23-20(22(24)25-13-26-23)21(28-32)18-12-31(29-27-18)16-8-6-15(7-9-16)14(2)33/h3,6-9,12-13,17H,1,4-5,10-11H2,2H3,(H2,24,25,26). The van der Waals surface area contributed by atoms with Crippen LogP contribution in [0.2, 0.25) is 0 Å². The lowest BCUT2D eigenvalue weighted by atomic mass is 10.1. The molecule has 1 atom stereocenters. The predicted octanol–water partition coefficient (Wildman–Crippen LogP) is 2.21. The van der Waals surface area contributed by atoms with E-state index in [1.807, 2.05) is 4.68 Å². The normalized spacial score (nSPS) is 16.0. The van der Waals surface area contributed by atoms with Crippen molar-refractivity contribution < 1.29 is 9.59 Å². The summed E-state index contributed by atoms with van der Waals surface area (Å²) in [6.07, 6.45) is 6.17. The minimum Gasteiger partial charge on any atom is -0.383 e. The van der Waals surface area contributed by atoms with Crippen LogP contribution in [0.15, 0.2) is 49.4 Å². The van der Waals surface area contributed by atoms with E-state index in [9.17, 15) is 9.59 Å². The highest BCUT2D eigenvalue weighted by atomic mass is 16.2. The van der Waals surface area contributed by atoms with Gasteiger partial charge in [-0.15, -0.1) is 5.10 Å². The van der Waals surface area contributed by atoms with Gasteiger partial charge in [-0.2, -0.15) is 5.10 Å². The third-order valence-electron chi connectivity index (χ3n) is 6.02. The van der Waals surface area contributed by atoms with E-state index in [0.717, 1.165) is 18.5 Å². The molecule has 3 aromatic heterocycles. The number of Topliss-reactive ketones (excluding diaryl/α,β-unsaturated/α-hetero) is 1. The van der Waals surface area contributed by atoms with Crippen molar-refractivity contribution in [2.24, 2.45) is 0 Å². The maximum Gasteiger partial charge on any atom is 0.246 e. The molecule has 11 heteroatoms. The number of fused-ring (bicyclic) bond motifs is 1. The molecule has 4 heterocycles. The molecule has 1 saturated heterocycles. The monoisotopic (exact) mass is 457 g/mol. The van der Waals surface area contributed by atoms with Gasteiger partial charge >= 0.3 is 0 Å². The summed E-state index contributed by atoms with van der Waals surface area (Å²) < 4.78 is 3.42. The van der Waals surface area contributed by atoms with E-state index < -0.39 is 0 Å². The van der Waals surface area contributed by atoms with Gasteiger partial charge in [0.05, 0.1) is 23.3 Å². The van der Waals surface area contributed by atoms with Gasteiger partial charge in [0.1, 0.15) is 23.5 Å². The molecule has 1 aliphatic rings. The van der Waals surface area contributed by atoms with Gasteiger partial charge < -0.3 is 10.6 Å². The quantitative estimate of drug-likeness (QED) is 0.356. The van der Waals surface area contributed by atoms with Gasteiger partial charge in [0.25, 0.3) is 0 Å². The largest absolute Gasteiger partial charge is 0.383 e. The van der Waals surface area contributed by atoms with Crippen molar-refractivity contribution >= 4 is 28.5 Å². The van der Waals surface area contributed by atoms with Crippen LogP contribution in [0.1, 0.15) is 36.2 Å². The van der Waals surface area contributed by atoms with Gasteiger partial charge in [-0.3, -0.25) is 9.59 Å². The molecule has 0 bridgehead atoms. The fourth-order valence-corrected chi connectivity index (χ4v) is 4.26. The van der Waals surface area contributed by atoms with Crippen LogP contribution >= 0.6 is 0 Å². The molecule has 0 radical (unpaired) electrons. The molecular weight excluding hydrogens is 434 g/mol. The number of carbonyl (C=O) groups is 2. The van der Waals surface area contributed by atoms with Crippen LogP contribution in [0.4, 0.5) is 5.82 Å². The van der Waals surface area contributed by atoms with E-state index >= 15 is 0 Å². The Morgan fingerprint density at radius 1 is 1.21 bits per heavy atom. The molecule has 1 aliphatic heterocycles. The second-order valence-corrected chi connectivity index (χ2v) is 8.19. The van der Waals surface area contributed by atoms with Crippen LogP contribution in [0.5, 0.6) is 0 Å². The first-order chi connectivity index (χ1) is 16.5. The van der Waals surface area contributed by atoms with E-state index in [2.05, 4.69) is 26.9 Å². The van der Waals surface area contributed by atoms with Crippen LogP contribution in [0.25, 0.3) is 28.1 Å². The van der Waals surface area contributed by atoms with E-state index in [1.54, 1.807) is 40.0 Å². The number of rotatable bonds is 5. The molecule has 0 saturated carbocycles. The minimum atomic E-state index is -0.103. The molecule has 0 aliphatic carbocycles. The Hall–Kier alpha value is -4.41. The topological polar surface area (TPSA) is 138 Å². The first-order valence-electron chi connectivity index (χ1n) is 10.9. The fourth-order valence-electron chi connectivity index (χ4n) is 4.26. The molecule has 0 spiro atoms. The van der Waals surface area contributed by atoms with Gasteiger partial charge in [0, 0.05) is 18.7 Å². The number of nitrogens with two attached hydrogens (primary N) is 1. The van der Waals surface area contributed by atoms with Crippen molar-refractivity contribution in [3.63, 3.8) is 0 Å². The third kappa shape index (κ3) is 3.70. The maximum absolute atomic E-state index is 12.2. The summed E-state index contributed by atoms with van der Waals surface area (Å²) in [5.74, 6) is 0.185. The zero-order valence-corrected chi connectivity index (χ0v) is 18.6. The molecule has 1 amide bonds. The van der Waals surface area contributed by atoms with Gasteiger partial charge in [0.2, 0.25) is 5.91 Å². The summed E-state index contributed by atoms with van der Waals surface area (Å²) >= 11 is 0. The molecule has 34 heavy (non-hydrogen) atoms.